The fraction of sp³-hybridized carbons (Fsp3) is 1.00. The van der Waals surface area contributed by atoms with Crippen LogP contribution in [0.5, 0.6) is 0 Å². The van der Waals surface area contributed by atoms with Crippen LogP contribution < -0.4 is 0 Å². The van der Waals surface area contributed by atoms with Gasteiger partial charge in [-0.1, -0.05) is 0 Å². The maximum atomic E-state index is 10.5. The van der Waals surface area contributed by atoms with Crippen molar-refractivity contribution in [3.8, 4) is 0 Å². The van der Waals surface area contributed by atoms with E-state index in [4.69, 9.17) is 8.98 Å². The predicted octanol–water partition coefficient (Wildman–Crippen LogP) is -0.549. The van der Waals surface area contributed by atoms with E-state index in [-0.39, 0.29) is 13.0 Å². The van der Waals surface area contributed by atoms with Crippen molar-refractivity contribution in [1.82, 2.24) is 0 Å². The summed E-state index contributed by atoms with van der Waals surface area (Å²) in [5.41, 5.74) is 0. The molecule has 0 aliphatic carbocycles. The fourth-order valence-electron chi connectivity index (χ4n) is 0.859. The molecule has 10 nitrogen and oxygen atoms in total. The molecule has 0 fully saturated rings. The molecule has 0 aromatic carbocycles. The Hall–Kier alpha value is -0.153. The third-order valence-electron chi connectivity index (χ3n) is 1.38. The van der Waals surface area contributed by atoms with Gasteiger partial charge in [0.25, 0.3) is 10.1 Å². The van der Waals surface area contributed by atoms with Gasteiger partial charge in [0.2, 0.25) is 0 Å². The van der Waals surface area contributed by atoms with Crippen molar-refractivity contribution in [2.45, 2.75) is 6.42 Å². The lowest BCUT2D eigenvalue weighted by molar-refractivity contribution is -0.370. The van der Waals surface area contributed by atoms with E-state index in [1.54, 1.807) is 0 Å². The van der Waals surface area contributed by atoms with Crippen molar-refractivity contribution in [3.63, 3.8) is 0 Å². The second-order valence-corrected chi connectivity index (χ2v) is 6.10. The summed E-state index contributed by atoms with van der Waals surface area (Å²) in [6.07, 6.45) is -0.0131. The summed E-state index contributed by atoms with van der Waals surface area (Å²) in [6, 6.07) is 0. The molecule has 0 aromatic heterocycles. The minimum absolute atomic E-state index is 0.0131. The highest BCUT2D eigenvalue weighted by Crippen LogP contribution is 2.13. The molecule has 0 unspecified atom stereocenters. The lowest BCUT2D eigenvalue weighted by Crippen LogP contribution is -2.49. The van der Waals surface area contributed by atoms with E-state index in [1.807, 2.05) is 0 Å². The first-order chi connectivity index (χ1) is 8.39. The molecule has 0 aliphatic rings. The summed E-state index contributed by atoms with van der Waals surface area (Å²) >= 11 is 0. The van der Waals surface area contributed by atoms with E-state index in [0.717, 1.165) is 0 Å². The summed E-state index contributed by atoms with van der Waals surface area (Å²) in [5.74, 6) is -0.482. The van der Waals surface area contributed by atoms with Gasteiger partial charge in [0.1, 0.15) is 0 Å². The number of hydrogen-bond acceptors (Lipinski definition) is 9. The van der Waals surface area contributed by atoms with Crippen LogP contribution in [0.1, 0.15) is 6.42 Å². The van der Waals surface area contributed by atoms with Crippen molar-refractivity contribution in [1.29, 1.82) is 0 Å². The van der Waals surface area contributed by atoms with Crippen molar-refractivity contribution < 1.29 is 45.8 Å². The average Bonchev–Trinajstić information content (AvgIpc) is 2.24. The molecule has 18 heavy (non-hydrogen) atoms. The van der Waals surface area contributed by atoms with Gasteiger partial charge in [-0.3, -0.25) is 4.55 Å². The fourth-order valence-corrected chi connectivity index (χ4v) is 2.58. The van der Waals surface area contributed by atoms with Gasteiger partial charge in [-0.05, 0) is 6.42 Å². The highest BCUT2D eigenvalue weighted by molar-refractivity contribution is 7.85. The summed E-state index contributed by atoms with van der Waals surface area (Å²) in [6.45, 7) is -0.151. The van der Waals surface area contributed by atoms with Gasteiger partial charge < -0.3 is 4.43 Å². The van der Waals surface area contributed by atoms with Crippen LogP contribution in [0.2, 0.25) is 0 Å². The zero-order valence-corrected chi connectivity index (χ0v) is 12.0. The van der Waals surface area contributed by atoms with Crippen LogP contribution in [0.3, 0.4) is 0 Å². The van der Waals surface area contributed by atoms with Crippen LogP contribution in [0.15, 0.2) is 0 Å². The van der Waals surface area contributed by atoms with Crippen LogP contribution in [0, 0.1) is 0 Å². The largest absolute Gasteiger partial charge is 0.764 e. The topological polar surface area (TPSA) is 119 Å². The molecule has 0 atom stereocenters. The molecule has 0 bridgehead atoms. The third-order valence-corrected chi connectivity index (χ3v) is 3.86. The van der Waals surface area contributed by atoms with E-state index in [1.165, 1.54) is 21.3 Å². The van der Waals surface area contributed by atoms with Gasteiger partial charge in [-0.2, -0.15) is 22.1 Å². The van der Waals surface area contributed by atoms with Crippen molar-refractivity contribution in [2.24, 2.45) is 0 Å². The summed E-state index contributed by atoms with van der Waals surface area (Å²) in [5, 5.41) is 0. The second-order valence-electron chi connectivity index (χ2n) is 2.74. The quantitative estimate of drug-likeness (QED) is 0.175. The molecule has 0 heterocycles. The minimum atomic E-state index is -4.06. The van der Waals surface area contributed by atoms with Crippen LogP contribution in [0.4, 0.5) is 0 Å². The molecule has 0 spiro atoms. The molecular weight excluding hydrogens is 292 g/mol. The van der Waals surface area contributed by atoms with Crippen LogP contribution in [-0.4, -0.2) is 55.7 Å². The Labute approximate surface area is 106 Å². The SMILES string of the molecule is COO[Si](OCCCS(=O)(=O)O)(OOC)OOC. The Morgan fingerprint density at radius 2 is 1.44 bits per heavy atom. The van der Waals surface area contributed by atoms with E-state index in [0.29, 0.717) is 0 Å². The molecule has 0 rings (SSSR count). The summed E-state index contributed by atoms with van der Waals surface area (Å²) in [7, 11) is -4.35. The Bertz CT molecular complexity index is 288. The van der Waals surface area contributed by atoms with Gasteiger partial charge in [-0.25, -0.2) is 14.7 Å². The van der Waals surface area contributed by atoms with Gasteiger partial charge in [-0.15, -0.1) is 0 Å². The first kappa shape index (κ1) is 17.8. The molecule has 110 valence electrons. The van der Waals surface area contributed by atoms with Crippen molar-refractivity contribution in [2.75, 3.05) is 33.7 Å². The maximum absolute atomic E-state index is 10.5. The number of hydrogen-bond donors (Lipinski definition) is 1. The Balaban J connectivity index is 4.29. The molecule has 0 aliphatic heterocycles. The average molecular weight is 308 g/mol. The van der Waals surface area contributed by atoms with E-state index >= 15 is 0 Å². The standard InChI is InChI=1S/C6H16O10SSi/c1-10-14-18(15-11-2,16-12-3)13-5-4-6-17(7,8)9/h4-6H2,1-3H3,(H,7,8,9). The highest BCUT2D eigenvalue weighted by atomic mass is 32.2. The van der Waals surface area contributed by atoms with Crippen molar-refractivity contribution in [3.05, 3.63) is 0 Å². The molecule has 0 saturated carbocycles. The van der Waals surface area contributed by atoms with Gasteiger partial charge in [0, 0.05) is 6.61 Å². The molecular formula is C6H16O10SSi. The molecule has 1 N–H and O–H groups in total. The lowest BCUT2D eigenvalue weighted by Gasteiger charge is -2.22. The molecule has 12 heteroatoms. The zero-order valence-electron chi connectivity index (χ0n) is 10.2. The molecule has 0 saturated heterocycles. The highest BCUT2D eigenvalue weighted by Gasteiger charge is 2.51. The van der Waals surface area contributed by atoms with Crippen molar-refractivity contribution >= 4 is 19.2 Å². The summed E-state index contributed by atoms with van der Waals surface area (Å²) < 4.78 is 48.5. The zero-order chi connectivity index (χ0) is 14.1. The first-order valence-electron chi connectivity index (χ1n) is 4.63. The van der Waals surface area contributed by atoms with E-state index in [2.05, 4.69) is 28.4 Å². The van der Waals surface area contributed by atoms with E-state index in [9.17, 15) is 8.42 Å². The van der Waals surface area contributed by atoms with Gasteiger partial charge in [0.05, 0.1) is 27.1 Å². The molecule has 0 aromatic rings. The predicted molar refractivity (Wildman–Crippen MR) is 57.0 cm³/mol. The van der Waals surface area contributed by atoms with Gasteiger partial charge in [0.15, 0.2) is 0 Å². The Morgan fingerprint density at radius 3 is 1.78 bits per heavy atom. The molecule has 0 radical (unpaired) electrons. The number of rotatable bonds is 11. The van der Waals surface area contributed by atoms with Gasteiger partial charge >= 0.3 is 9.05 Å². The molecule has 0 amide bonds. The van der Waals surface area contributed by atoms with Crippen LogP contribution in [-0.2, 0) is 42.9 Å². The van der Waals surface area contributed by atoms with E-state index < -0.39 is 24.9 Å². The Morgan fingerprint density at radius 1 is 1.00 bits per heavy atom. The first-order valence-corrected chi connectivity index (χ1v) is 7.88. The maximum Gasteiger partial charge on any atom is 0.764 e. The monoisotopic (exact) mass is 308 g/mol. The second kappa shape index (κ2) is 8.86. The smallest absolute Gasteiger partial charge is 0.347 e. The minimum Gasteiger partial charge on any atom is -0.347 e. The third kappa shape index (κ3) is 8.04. The van der Waals surface area contributed by atoms with Crippen LogP contribution in [0.25, 0.3) is 0 Å². The summed E-state index contributed by atoms with van der Waals surface area (Å²) in [4.78, 5) is 13.1. The van der Waals surface area contributed by atoms with Crippen LogP contribution >= 0.6 is 0 Å². The lowest BCUT2D eigenvalue weighted by atomic mass is 10.5. The Kier molecular flexibility index (Phi) is 8.79. The normalized spacial score (nSPS) is 12.9.